The molecule has 1 heteroatoms. The highest BCUT2D eigenvalue weighted by atomic mass is 16.3. The molecular formula is C50H30O. The van der Waals surface area contributed by atoms with Gasteiger partial charge in [0.25, 0.3) is 0 Å². The fourth-order valence-electron chi connectivity index (χ4n) is 8.42. The minimum Gasteiger partial charge on any atom is -0.456 e. The molecule has 51 heavy (non-hydrogen) atoms. The van der Waals surface area contributed by atoms with E-state index in [0.717, 1.165) is 21.9 Å². The quantitative estimate of drug-likeness (QED) is 0.174. The summed E-state index contributed by atoms with van der Waals surface area (Å²) in [7, 11) is 0. The number of furan rings is 1. The highest BCUT2D eigenvalue weighted by Crippen LogP contribution is 2.45. The van der Waals surface area contributed by atoms with E-state index in [1.165, 1.54) is 87.2 Å². The van der Waals surface area contributed by atoms with Crippen LogP contribution in [-0.4, -0.2) is 0 Å². The molecule has 0 radical (unpaired) electrons. The number of hydrogen-bond acceptors (Lipinski definition) is 1. The zero-order valence-corrected chi connectivity index (χ0v) is 27.7. The molecule has 0 aliphatic rings. The number of benzene rings is 10. The van der Waals surface area contributed by atoms with E-state index in [-0.39, 0.29) is 0 Å². The third kappa shape index (κ3) is 4.35. The number of hydrogen-bond donors (Lipinski definition) is 0. The summed E-state index contributed by atoms with van der Waals surface area (Å²) in [5.74, 6) is 0. The van der Waals surface area contributed by atoms with Crippen molar-refractivity contribution < 1.29 is 4.42 Å². The van der Waals surface area contributed by atoms with Crippen molar-refractivity contribution in [3.05, 3.63) is 182 Å². The summed E-state index contributed by atoms with van der Waals surface area (Å²) in [6.07, 6.45) is 0. The lowest BCUT2D eigenvalue weighted by Gasteiger charge is -2.18. The Hall–Kier alpha value is -6.70. The van der Waals surface area contributed by atoms with Gasteiger partial charge in [0, 0.05) is 10.8 Å². The minimum absolute atomic E-state index is 0.915. The molecule has 0 atom stereocenters. The standard InChI is InChI=1S/C50H30O/c1-2-12-32-25-38(24-23-31(32)11-1)50-42-20-7-5-18-40(42)49(41-19-6-8-21-43(41)50)37-17-9-15-35(26-37)39-22-10-16-36-28-46-45-27-33-13-3-4-14-34(33)29-47(45)51-48(46)30-44(36)39/h1-30H. The van der Waals surface area contributed by atoms with Crippen LogP contribution in [0.15, 0.2) is 186 Å². The van der Waals surface area contributed by atoms with Gasteiger partial charge in [-0.3, -0.25) is 0 Å². The topological polar surface area (TPSA) is 13.1 Å². The Morgan fingerprint density at radius 3 is 1.43 bits per heavy atom. The Kier molecular flexibility index (Phi) is 6.02. The average molecular weight is 647 g/mol. The Morgan fingerprint density at radius 2 is 0.745 bits per heavy atom. The second-order valence-electron chi connectivity index (χ2n) is 13.7. The maximum absolute atomic E-state index is 6.52. The molecule has 0 saturated carbocycles. The summed E-state index contributed by atoms with van der Waals surface area (Å²) < 4.78 is 6.52. The van der Waals surface area contributed by atoms with Crippen LogP contribution in [0.25, 0.3) is 109 Å². The summed E-state index contributed by atoms with van der Waals surface area (Å²) in [6.45, 7) is 0. The zero-order chi connectivity index (χ0) is 33.5. The van der Waals surface area contributed by atoms with Gasteiger partial charge in [-0.05, 0) is 124 Å². The molecule has 0 amide bonds. The van der Waals surface area contributed by atoms with Crippen molar-refractivity contribution in [2.24, 2.45) is 0 Å². The molecule has 1 heterocycles. The summed E-state index contributed by atoms with van der Waals surface area (Å²) in [5.41, 5.74) is 9.21. The maximum Gasteiger partial charge on any atom is 0.136 e. The Balaban J connectivity index is 1.12. The van der Waals surface area contributed by atoms with Gasteiger partial charge in [-0.25, -0.2) is 0 Å². The van der Waals surface area contributed by atoms with Crippen LogP contribution in [-0.2, 0) is 0 Å². The Labute approximate surface area is 294 Å². The van der Waals surface area contributed by atoms with Gasteiger partial charge in [-0.15, -0.1) is 0 Å². The van der Waals surface area contributed by atoms with E-state index in [1.807, 2.05) is 0 Å². The molecule has 0 N–H and O–H groups in total. The molecule has 0 bridgehead atoms. The SMILES string of the molecule is c1cc(-c2cccc3cc4c(cc23)oc2cc3ccccc3cc24)cc(-c2c3ccccc3c(-c3ccc4ccccc4c3)c3ccccc23)c1. The van der Waals surface area contributed by atoms with Gasteiger partial charge in [0.2, 0.25) is 0 Å². The molecule has 236 valence electrons. The van der Waals surface area contributed by atoms with Gasteiger partial charge in [-0.2, -0.15) is 0 Å². The molecule has 0 saturated heterocycles. The molecule has 0 spiro atoms. The maximum atomic E-state index is 6.52. The first kappa shape index (κ1) is 28.2. The van der Waals surface area contributed by atoms with Crippen LogP contribution >= 0.6 is 0 Å². The molecule has 11 aromatic rings. The van der Waals surface area contributed by atoms with Crippen LogP contribution < -0.4 is 0 Å². The first-order chi connectivity index (χ1) is 25.3. The summed E-state index contributed by atoms with van der Waals surface area (Å²) in [6, 6.07) is 66.4. The van der Waals surface area contributed by atoms with Gasteiger partial charge < -0.3 is 4.42 Å². The lowest BCUT2D eigenvalue weighted by molar-refractivity contribution is 0.670. The van der Waals surface area contributed by atoms with Gasteiger partial charge in [0.1, 0.15) is 11.2 Å². The highest BCUT2D eigenvalue weighted by Gasteiger charge is 2.18. The third-order valence-corrected chi connectivity index (χ3v) is 10.8. The van der Waals surface area contributed by atoms with E-state index >= 15 is 0 Å². The molecule has 0 aliphatic carbocycles. The second kappa shape index (κ2) is 10.9. The van der Waals surface area contributed by atoms with E-state index < -0.39 is 0 Å². The van der Waals surface area contributed by atoms with E-state index in [4.69, 9.17) is 4.42 Å². The van der Waals surface area contributed by atoms with Gasteiger partial charge >= 0.3 is 0 Å². The molecule has 1 nitrogen and oxygen atoms in total. The highest BCUT2D eigenvalue weighted by molar-refractivity contribution is 6.22. The average Bonchev–Trinajstić information content (AvgIpc) is 3.53. The van der Waals surface area contributed by atoms with Crippen molar-refractivity contribution in [1.29, 1.82) is 0 Å². The number of fused-ring (bicyclic) bond motifs is 8. The molecular weight excluding hydrogens is 617 g/mol. The Bertz CT molecular complexity index is 3140. The van der Waals surface area contributed by atoms with Crippen LogP contribution in [0.5, 0.6) is 0 Å². The first-order valence-corrected chi connectivity index (χ1v) is 17.6. The predicted octanol–water partition coefficient (Wildman–Crippen LogP) is 14.4. The summed E-state index contributed by atoms with van der Waals surface area (Å²) in [4.78, 5) is 0. The fraction of sp³-hybridized carbons (Fsp3) is 0. The van der Waals surface area contributed by atoms with Gasteiger partial charge in [-0.1, -0.05) is 146 Å². The van der Waals surface area contributed by atoms with E-state index in [1.54, 1.807) is 0 Å². The first-order valence-electron chi connectivity index (χ1n) is 17.6. The Morgan fingerprint density at radius 1 is 0.255 bits per heavy atom. The van der Waals surface area contributed by atoms with Crippen LogP contribution in [0.4, 0.5) is 0 Å². The van der Waals surface area contributed by atoms with Crippen LogP contribution in [0.1, 0.15) is 0 Å². The number of rotatable bonds is 3. The summed E-state index contributed by atoms with van der Waals surface area (Å²) >= 11 is 0. The van der Waals surface area contributed by atoms with Crippen LogP contribution in [0.2, 0.25) is 0 Å². The van der Waals surface area contributed by atoms with E-state index in [2.05, 4.69) is 182 Å². The van der Waals surface area contributed by atoms with Gasteiger partial charge in [0.05, 0.1) is 0 Å². The van der Waals surface area contributed by atoms with E-state index in [0.29, 0.717) is 0 Å². The lowest BCUT2D eigenvalue weighted by atomic mass is 9.85. The molecule has 0 aliphatic heterocycles. The summed E-state index contributed by atoms with van der Waals surface area (Å²) in [5, 5.41) is 14.7. The minimum atomic E-state index is 0.915. The lowest BCUT2D eigenvalue weighted by Crippen LogP contribution is -1.91. The third-order valence-electron chi connectivity index (χ3n) is 10.8. The molecule has 11 rings (SSSR count). The van der Waals surface area contributed by atoms with Crippen LogP contribution in [0.3, 0.4) is 0 Å². The second-order valence-corrected chi connectivity index (χ2v) is 13.7. The van der Waals surface area contributed by atoms with Crippen molar-refractivity contribution in [3.63, 3.8) is 0 Å². The molecule has 1 aromatic heterocycles. The van der Waals surface area contributed by atoms with Crippen LogP contribution in [0, 0.1) is 0 Å². The van der Waals surface area contributed by atoms with Gasteiger partial charge in [0.15, 0.2) is 0 Å². The van der Waals surface area contributed by atoms with Crippen molar-refractivity contribution >= 4 is 75.8 Å². The fourth-order valence-corrected chi connectivity index (χ4v) is 8.42. The largest absolute Gasteiger partial charge is 0.456 e. The smallest absolute Gasteiger partial charge is 0.136 e. The predicted molar refractivity (Wildman–Crippen MR) is 218 cm³/mol. The zero-order valence-electron chi connectivity index (χ0n) is 27.7. The molecule has 0 unspecified atom stereocenters. The molecule has 0 fully saturated rings. The normalized spacial score (nSPS) is 11.9. The monoisotopic (exact) mass is 646 g/mol. The van der Waals surface area contributed by atoms with Crippen molar-refractivity contribution in [2.45, 2.75) is 0 Å². The molecule has 10 aromatic carbocycles. The van der Waals surface area contributed by atoms with E-state index in [9.17, 15) is 0 Å². The van der Waals surface area contributed by atoms with Crippen molar-refractivity contribution in [1.82, 2.24) is 0 Å². The van der Waals surface area contributed by atoms with Crippen molar-refractivity contribution in [3.8, 4) is 33.4 Å². The van der Waals surface area contributed by atoms with Crippen molar-refractivity contribution in [2.75, 3.05) is 0 Å².